The Morgan fingerprint density at radius 2 is 1.96 bits per heavy atom. The minimum absolute atomic E-state index is 0.0950. The van der Waals surface area contributed by atoms with Crippen molar-refractivity contribution >= 4 is 12.0 Å². The lowest BCUT2D eigenvalue weighted by Crippen LogP contribution is -2.57. The maximum absolute atomic E-state index is 12.5. The van der Waals surface area contributed by atoms with Crippen LogP contribution in [0.4, 0.5) is 4.79 Å². The summed E-state index contributed by atoms with van der Waals surface area (Å²) in [6.07, 6.45) is 7.90. The molecule has 2 N–H and O–H groups in total. The van der Waals surface area contributed by atoms with Crippen molar-refractivity contribution in [2.45, 2.75) is 70.0 Å². The van der Waals surface area contributed by atoms with Gasteiger partial charge in [0.15, 0.2) is 0 Å². The van der Waals surface area contributed by atoms with Gasteiger partial charge in [-0.15, -0.1) is 0 Å². The van der Waals surface area contributed by atoms with E-state index in [4.69, 9.17) is 5.11 Å². The normalized spacial score (nSPS) is 30.9. The van der Waals surface area contributed by atoms with Gasteiger partial charge >= 0.3 is 12.0 Å². The number of amides is 2. The Labute approximate surface area is 138 Å². The number of carboxylic acid groups (broad SMARTS) is 1. The number of urea groups is 1. The van der Waals surface area contributed by atoms with Gasteiger partial charge in [-0.2, -0.15) is 0 Å². The van der Waals surface area contributed by atoms with Crippen LogP contribution in [0.5, 0.6) is 0 Å². The van der Waals surface area contributed by atoms with E-state index >= 15 is 0 Å². The number of likely N-dealkylation sites (tertiary alicyclic amines) is 1. The summed E-state index contributed by atoms with van der Waals surface area (Å²) in [6.45, 7) is 3.72. The molecule has 1 unspecified atom stereocenters. The molecule has 0 bridgehead atoms. The summed E-state index contributed by atoms with van der Waals surface area (Å²) in [5.41, 5.74) is 0. The molecule has 23 heavy (non-hydrogen) atoms. The number of hydrogen-bond acceptors (Lipinski definition) is 3. The number of aliphatic carboxylic acids is 1. The van der Waals surface area contributed by atoms with Crippen molar-refractivity contribution in [3.63, 3.8) is 0 Å². The molecule has 0 aromatic heterocycles. The molecule has 130 valence electrons. The third kappa shape index (κ3) is 3.62. The Morgan fingerprint density at radius 1 is 1.22 bits per heavy atom. The minimum Gasteiger partial charge on any atom is -0.480 e. The molecule has 1 aliphatic heterocycles. The Hall–Kier alpha value is -1.30. The molecular weight excluding hydrogens is 294 g/mol. The molecule has 2 amide bonds. The smallest absolute Gasteiger partial charge is 0.317 e. The first-order valence-electron chi connectivity index (χ1n) is 9.11. The van der Waals surface area contributed by atoms with Crippen LogP contribution in [0.15, 0.2) is 0 Å². The predicted molar refractivity (Wildman–Crippen MR) is 87.3 cm³/mol. The van der Waals surface area contributed by atoms with Gasteiger partial charge in [0, 0.05) is 24.7 Å². The van der Waals surface area contributed by atoms with Gasteiger partial charge in [-0.1, -0.05) is 13.3 Å². The second-order valence-electron chi connectivity index (χ2n) is 7.32. The topological polar surface area (TPSA) is 72.9 Å². The third-order valence-corrected chi connectivity index (χ3v) is 5.96. The zero-order chi connectivity index (χ0) is 16.4. The number of carbonyl (C=O) groups is 2. The number of carboxylic acids is 1. The predicted octanol–water partition coefficient (Wildman–Crippen LogP) is 1.90. The first-order valence-corrected chi connectivity index (χ1v) is 9.11. The van der Waals surface area contributed by atoms with Gasteiger partial charge in [0.1, 0.15) is 0 Å². The van der Waals surface area contributed by atoms with Crippen molar-refractivity contribution in [2.75, 3.05) is 19.6 Å². The van der Waals surface area contributed by atoms with E-state index in [0.29, 0.717) is 12.1 Å². The van der Waals surface area contributed by atoms with E-state index < -0.39 is 5.97 Å². The van der Waals surface area contributed by atoms with E-state index in [1.807, 2.05) is 11.8 Å². The fraction of sp³-hybridized carbons (Fsp3) is 0.882. The van der Waals surface area contributed by atoms with Gasteiger partial charge in [0.25, 0.3) is 0 Å². The maximum Gasteiger partial charge on any atom is 0.317 e. The van der Waals surface area contributed by atoms with E-state index in [9.17, 15) is 9.59 Å². The lowest BCUT2D eigenvalue weighted by atomic mass is 9.79. The van der Waals surface area contributed by atoms with E-state index in [-0.39, 0.29) is 18.6 Å². The summed E-state index contributed by atoms with van der Waals surface area (Å²) in [5.74, 6) is -0.0525. The van der Waals surface area contributed by atoms with Gasteiger partial charge in [0.2, 0.25) is 0 Å². The second kappa shape index (κ2) is 7.07. The van der Waals surface area contributed by atoms with Crippen molar-refractivity contribution in [3.8, 4) is 0 Å². The molecule has 3 aliphatic rings. The highest BCUT2D eigenvalue weighted by Crippen LogP contribution is 2.37. The van der Waals surface area contributed by atoms with Crippen LogP contribution in [-0.4, -0.2) is 64.7 Å². The van der Waals surface area contributed by atoms with E-state index in [0.717, 1.165) is 44.7 Å². The fourth-order valence-electron chi connectivity index (χ4n) is 4.29. The Morgan fingerprint density at radius 3 is 2.52 bits per heavy atom. The molecule has 0 radical (unpaired) electrons. The maximum atomic E-state index is 12.5. The summed E-state index contributed by atoms with van der Waals surface area (Å²) >= 11 is 0. The molecule has 3 fully saturated rings. The van der Waals surface area contributed by atoms with Crippen molar-refractivity contribution in [1.29, 1.82) is 0 Å². The zero-order valence-corrected chi connectivity index (χ0v) is 14.0. The monoisotopic (exact) mass is 323 g/mol. The summed E-state index contributed by atoms with van der Waals surface area (Å²) in [7, 11) is 0. The van der Waals surface area contributed by atoms with Crippen LogP contribution in [0, 0.1) is 5.92 Å². The Balaban J connectivity index is 1.44. The van der Waals surface area contributed by atoms with Gasteiger partial charge in [-0.25, -0.2) is 4.79 Å². The Kier molecular flexibility index (Phi) is 5.09. The summed E-state index contributed by atoms with van der Waals surface area (Å²) in [6, 6.07) is 1.06. The molecule has 1 atom stereocenters. The fourth-order valence-corrected chi connectivity index (χ4v) is 4.29. The van der Waals surface area contributed by atoms with Crippen LogP contribution in [0.1, 0.15) is 51.9 Å². The molecule has 3 rings (SSSR count). The van der Waals surface area contributed by atoms with Crippen LogP contribution in [0.3, 0.4) is 0 Å². The molecule has 0 aromatic carbocycles. The van der Waals surface area contributed by atoms with E-state index in [1.165, 1.54) is 19.3 Å². The van der Waals surface area contributed by atoms with Crippen LogP contribution in [-0.2, 0) is 4.79 Å². The standard InChI is InChI=1S/C17H29N3O3/c1-2-19(11-16(21)22)14-9-13(10-14)18-17(23)20-8-4-7-15(20)12-5-3-6-12/h12-15H,2-11H2,1H3,(H,18,23)(H,21,22). The first-order chi connectivity index (χ1) is 11.1. The molecule has 0 spiro atoms. The van der Waals surface area contributed by atoms with Gasteiger partial charge in [0.05, 0.1) is 6.54 Å². The quantitative estimate of drug-likeness (QED) is 0.783. The SMILES string of the molecule is CCN(CC(=O)O)C1CC(NC(=O)N2CCCC2C2CCC2)C1. The average Bonchev–Trinajstić information content (AvgIpc) is 2.86. The summed E-state index contributed by atoms with van der Waals surface area (Å²) in [5, 5.41) is 12.1. The van der Waals surface area contributed by atoms with Crippen molar-refractivity contribution < 1.29 is 14.7 Å². The van der Waals surface area contributed by atoms with Gasteiger partial charge < -0.3 is 15.3 Å². The van der Waals surface area contributed by atoms with Crippen LogP contribution in [0.25, 0.3) is 0 Å². The average molecular weight is 323 g/mol. The summed E-state index contributed by atoms with van der Waals surface area (Å²) in [4.78, 5) is 27.4. The summed E-state index contributed by atoms with van der Waals surface area (Å²) < 4.78 is 0. The van der Waals surface area contributed by atoms with Gasteiger partial charge in [-0.3, -0.25) is 9.69 Å². The molecule has 2 saturated carbocycles. The number of rotatable bonds is 6. The largest absolute Gasteiger partial charge is 0.480 e. The van der Waals surface area contributed by atoms with Crippen LogP contribution >= 0.6 is 0 Å². The molecule has 2 aliphatic carbocycles. The third-order valence-electron chi connectivity index (χ3n) is 5.96. The highest BCUT2D eigenvalue weighted by molar-refractivity contribution is 5.75. The van der Waals surface area contributed by atoms with Crippen molar-refractivity contribution in [2.24, 2.45) is 5.92 Å². The minimum atomic E-state index is -0.778. The van der Waals surface area contributed by atoms with Crippen molar-refractivity contribution in [1.82, 2.24) is 15.1 Å². The van der Waals surface area contributed by atoms with Crippen LogP contribution < -0.4 is 5.32 Å². The number of nitrogens with zero attached hydrogens (tertiary/aromatic N) is 2. The lowest BCUT2D eigenvalue weighted by molar-refractivity contribution is -0.139. The van der Waals surface area contributed by atoms with Gasteiger partial charge in [-0.05, 0) is 51.0 Å². The Bertz CT molecular complexity index is 446. The molecule has 1 saturated heterocycles. The molecular formula is C17H29N3O3. The first kappa shape index (κ1) is 16.6. The number of carbonyl (C=O) groups excluding carboxylic acids is 1. The highest BCUT2D eigenvalue weighted by atomic mass is 16.4. The second-order valence-corrected chi connectivity index (χ2v) is 7.32. The number of nitrogens with one attached hydrogen (secondary N) is 1. The molecule has 1 heterocycles. The highest BCUT2D eigenvalue weighted by Gasteiger charge is 2.40. The molecule has 6 heteroatoms. The lowest BCUT2D eigenvalue weighted by Gasteiger charge is -2.43. The van der Waals surface area contributed by atoms with Crippen molar-refractivity contribution in [3.05, 3.63) is 0 Å². The van der Waals surface area contributed by atoms with E-state index in [1.54, 1.807) is 0 Å². The molecule has 6 nitrogen and oxygen atoms in total. The number of likely N-dealkylation sites (N-methyl/N-ethyl adjacent to an activating group) is 1. The van der Waals surface area contributed by atoms with Crippen LogP contribution in [0.2, 0.25) is 0 Å². The molecule has 0 aromatic rings. The number of hydrogen-bond donors (Lipinski definition) is 2. The van der Waals surface area contributed by atoms with E-state index in [2.05, 4.69) is 10.2 Å². The zero-order valence-electron chi connectivity index (χ0n) is 14.0.